The quantitative estimate of drug-likeness (QED) is 0.216. The van der Waals surface area contributed by atoms with Crippen molar-refractivity contribution < 1.29 is 19.1 Å². The lowest BCUT2D eigenvalue weighted by molar-refractivity contribution is -0.143. The van der Waals surface area contributed by atoms with Gasteiger partial charge in [0.2, 0.25) is 0 Å². The van der Waals surface area contributed by atoms with Gasteiger partial charge >= 0.3 is 11.9 Å². The van der Waals surface area contributed by atoms with E-state index >= 15 is 0 Å². The second kappa shape index (κ2) is 20.5. The minimum Gasteiger partial charge on any atom is -0.459 e. The van der Waals surface area contributed by atoms with Crippen LogP contribution in [0.1, 0.15) is 52.9 Å². The maximum Gasteiger partial charge on any atom is 0.330 e. The number of carbonyl (C=O) groups is 2. The van der Waals surface area contributed by atoms with Crippen LogP contribution in [0.5, 0.6) is 0 Å². The van der Waals surface area contributed by atoms with Gasteiger partial charge in [0.15, 0.2) is 0 Å². The molecule has 4 heteroatoms. The van der Waals surface area contributed by atoms with E-state index in [4.69, 9.17) is 4.74 Å². The number of hydrogen-bond acceptors (Lipinski definition) is 4. The van der Waals surface area contributed by atoms with Gasteiger partial charge in [-0.2, -0.15) is 0 Å². The third-order valence-electron chi connectivity index (χ3n) is 2.28. The zero-order valence-corrected chi connectivity index (χ0v) is 13.7. The summed E-state index contributed by atoms with van der Waals surface area (Å²) in [6.45, 7) is 18.0. The van der Waals surface area contributed by atoms with E-state index in [1.165, 1.54) is 25.8 Å². The number of unbranched alkanes of at least 4 members (excludes halogenated alkanes) is 2. The second-order valence-corrected chi connectivity index (χ2v) is 3.94. The number of hydrogen-bond donors (Lipinski definition) is 0. The predicted molar refractivity (Wildman–Crippen MR) is 87.7 cm³/mol. The fourth-order valence-electron chi connectivity index (χ4n) is 1.30. The van der Waals surface area contributed by atoms with Gasteiger partial charge in [0.05, 0.1) is 6.26 Å². The van der Waals surface area contributed by atoms with Crippen molar-refractivity contribution in [2.45, 2.75) is 59.0 Å². The van der Waals surface area contributed by atoms with Crippen molar-refractivity contribution in [3.8, 4) is 0 Å². The first-order chi connectivity index (χ1) is 10.0. The van der Waals surface area contributed by atoms with Crippen LogP contribution in [0.3, 0.4) is 0 Å². The van der Waals surface area contributed by atoms with Gasteiger partial charge in [-0.1, -0.05) is 39.8 Å². The Kier molecular flexibility index (Phi) is 23.6. The van der Waals surface area contributed by atoms with Crippen LogP contribution < -0.4 is 0 Å². The van der Waals surface area contributed by atoms with Crippen molar-refractivity contribution >= 4 is 11.9 Å². The molecule has 0 aromatic carbocycles. The Morgan fingerprint density at radius 1 is 1.14 bits per heavy atom. The summed E-state index contributed by atoms with van der Waals surface area (Å²) in [5.41, 5.74) is 0. The van der Waals surface area contributed by atoms with Crippen LogP contribution in [0, 0.1) is 0 Å². The molecule has 0 bridgehead atoms. The van der Waals surface area contributed by atoms with Crippen LogP contribution in [0.2, 0.25) is 0 Å². The minimum absolute atomic E-state index is 0.0806. The van der Waals surface area contributed by atoms with Crippen LogP contribution in [-0.2, 0) is 19.1 Å². The Balaban J connectivity index is -0.000000339. The topological polar surface area (TPSA) is 52.6 Å². The highest BCUT2D eigenvalue weighted by Gasteiger charge is 2.08. The monoisotopic (exact) mass is 298 g/mol. The van der Waals surface area contributed by atoms with E-state index in [0.717, 1.165) is 25.5 Å². The Labute approximate surface area is 129 Å². The summed E-state index contributed by atoms with van der Waals surface area (Å²) in [6, 6.07) is 0. The zero-order chi connectivity index (χ0) is 17.1. The molecular formula is C17H30O4. The fraction of sp³-hybridized carbons (Fsp3) is 0.529. The minimum atomic E-state index is -0.329. The largest absolute Gasteiger partial charge is 0.459 e. The first kappa shape index (κ1) is 24.2. The number of rotatable bonds is 8. The van der Waals surface area contributed by atoms with E-state index in [9.17, 15) is 9.59 Å². The van der Waals surface area contributed by atoms with Crippen molar-refractivity contribution in [3.63, 3.8) is 0 Å². The maximum absolute atomic E-state index is 10.9. The Hall–Kier alpha value is -1.84. The first-order valence-corrected chi connectivity index (χ1v) is 7.12. The van der Waals surface area contributed by atoms with Gasteiger partial charge < -0.3 is 9.47 Å². The van der Waals surface area contributed by atoms with Gasteiger partial charge in [-0.15, -0.1) is 13.2 Å². The Morgan fingerprint density at radius 3 is 2.00 bits per heavy atom. The number of ether oxygens (including phenoxy) is 2. The molecule has 0 aromatic heterocycles. The molecule has 1 atom stereocenters. The normalized spacial score (nSPS) is 9.67. The lowest BCUT2D eigenvalue weighted by Gasteiger charge is -2.14. The van der Waals surface area contributed by atoms with Gasteiger partial charge in [0.25, 0.3) is 0 Å². The highest BCUT2D eigenvalue weighted by molar-refractivity contribution is 5.81. The maximum atomic E-state index is 10.9. The second-order valence-electron chi connectivity index (χ2n) is 3.94. The molecule has 4 nitrogen and oxygen atoms in total. The van der Waals surface area contributed by atoms with Crippen LogP contribution in [0.4, 0.5) is 0 Å². The average molecular weight is 298 g/mol. The molecule has 21 heavy (non-hydrogen) atoms. The molecule has 0 saturated carbocycles. The van der Waals surface area contributed by atoms with Crippen LogP contribution >= 0.6 is 0 Å². The molecule has 0 amide bonds. The molecule has 0 rings (SSSR count). The molecule has 0 aliphatic heterocycles. The van der Waals surface area contributed by atoms with Crippen molar-refractivity contribution in [1.82, 2.24) is 0 Å². The van der Waals surface area contributed by atoms with E-state index in [-0.39, 0.29) is 18.0 Å². The molecule has 122 valence electrons. The van der Waals surface area contributed by atoms with Gasteiger partial charge in [-0.3, -0.25) is 4.79 Å². The smallest absolute Gasteiger partial charge is 0.330 e. The summed E-state index contributed by atoms with van der Waals surface area (Å²) in [5.74, 6) is -0.631. The summed E-state index contributed by atoms with van der Waals surface area (Å²) in [5, 5.41) is 0. The molecule has 0 aliphatic carbocycles. The van der Waals surface area contributed by atoms with Gasteiger partial charge in [0.1, 0.15) is 6.10 Å². The Morgan fingerprint density at radius 2 is 1.71 bits per heavy atom. The third-order valence-corrected chi connectivity index (χ3v) is 2.28. The molecule has 0 heterocycles. The highest BCUT2D eigenvalue weighted by atomic mass is 16.5. The van der Waals surface area contributed by atoms with Crippen LogP contribution in [0.15, 0.2) is 38.7 Å². The van der Waals surface area contributed by atoms with Gasteiger partial charge in [0, 0.05) is 13.0 Å². The molecule has 0 aromatic rings. The van der Waals surface area contributed by atoms with E-state index in [1.807, 2.05) is 6.92 Å². The third kappa shape index (κ3) is 23.7. The highest BCUT2D eigenvalue weighted by Crippen LogP contribution is 2.10. The average Bonchev–Trinajstić information content (AvgIpc) is 2.48. The van der Waals surface area contributed by atoms with Crippen LogP contribution in [0.25, 0.3) is 0 Å². The fourth-order valence-corrected chi connectivity index (χ4v) is 1.30. The Bertz CT molecular complexity index is 285. The van der Waals surface area contributed by atoms with E-state index in [0.29, 0.717) is 0 Å². The van der Waals surface area contributed by atoms with Crippen molar-refractivity contribution in [1.29, 1.82) is 0 Å². The molecule has 1 unspecified atom stereocenters. The van der Waals surface area contributed by atoms with Gasteiger partial charge in [-0.25, -0.2) is 4.79 Å². The summed E-state index contributed by atoms with van der Waals surface area (Å²) < 4.78 is 9.31. The molecule has 0 fully saturated rings. The van der Waals surface area contributed by atoms with E-state index in [1.54, 1.807) is 0 Å². The summed E-state index contributed by atoms with van der Waals surface area (Å²) >= 11 is 0. The molecule has 0 saturated heterocycles. The summed E-state index contributed by atoms with van der Waals surface area (Å²) in [6.07, 6.45) is 7.82. The number of esters is 2. The first-order valence-electron chi connectivity index (χ1n) is 7.12. The van der Waals surface area contributed by atoms with Crippen LogP contribution in [-0.4, -0.2) is 18.0 Å². The predicted octanol–water partition coefficient (Wildman–Crippen LogP) is 4.57. The molecule has 0 N–H and O–H groups in total. The van der Waals surface area contributed by atoms with E-state index < -0.39 is 0 Å². The number of carbonyl (C=O) groups excluding carboxylic acids is 2. The lowest BCUT2D eigenvalue weighted by atomic mass is 10.1. The zero-order valence-electron chi connectivity index (χ0n) is 13.7. The summed E-state index contributed by atoms with van der Waals surface area (Å²) in [4.78, 5) is 20.6. The molecular weight excluding hydrogens is 268 g/mol. The van der Waals surface area contributed by atoms with E-state index in [2.05, 4.69) is 38.0 Å². The van der Waals surface area contributed by atoms with Crippen molar-refractivity contribution in [2.75, 3.05) is 0 Å². The molecule has 0 radical (unpaired) electrons. The van der Waals surface area contributed by atoms with Crippen molar-refractivity contribution in [2.24, 2.45) is 0 Å². The SMILES string of the molecule is C=C.C=CC(=O)OC(CC)CCCCC.C=COC(C)=O. The van der Waals surface area contributed by atoms with Gasteiger partial charge in [-0.05, 0) is 19.3 Å². The standard InChI is InChI=1S/C11H20O2.C4H6O2.C2H4/c1-4-7-8-9-10(5-2)13-11(12)6-3;1-3-6-4(2)5;1-2/h6,10H,3-5,7-9H2,1-2H3;3H,1H2,2H3;1-2H2. The summed E-state index contributed by atoms with van der Waals surface area (Å²) in [7, 11) is 0. The molecule has 0 spiro atoms. The molecule has 0 aliphatic rings. The lowest BCUT2D eigenvalue weighted by Crippen LogP contribution is -2.15. The van der Waals surface area contributed by atoms with Crippen molar-refractivity contribution in [3.05, 3.63) is 38.7 Å².